The molecule has 17 heavy (non-hydrogen) atoms. The largest absolute Gasteiger partial charge is 0.341 e. The first-order valence-electron chi connectivity index (χ1n) is 6.34. The fourth-order valence-electron chi connectivity index (χ4n) is 2.21. The van der Waals surface area contributed by atoms with Gasteiger partial charge in [0.25, 0.3) is 0 Å². The topological polar surface area (TPSA) is 37.3 Å². The smallest absolute Gasteiger partial charge is 0.242 e. The second-order valence-electron chi connectivity index (χ2n) is 4.57. The molecule has 1 fully saturated rings. The SMILES string of the molecule is CCN(C(=O)Cn1cccc1CNC)C1CC1. The molecule has 1 heterocycles. The Hall–Kier alpha value is -1.29. The van der Waals surface area contributed by atoms with Crippen molar-refractivity contribution in [2.24, 2.45) is 0 Å². The van der Waals surface area contributed by atoms with Gasteiger partial charge < -0.3 is 14.8 Å². The van der Waals surface area contributed by atoms with Crippen molar-refractivity contribution in [1.82, 2.24) is 14.8 Å². The molecule has 1 saturated carbocycles. The monoisotopic (exact) mass is 235 g/mol. The number of amides is 1. The number of rotatable bonds is 6. The summed E-state index contributed by atoms with van der Waals surface area (Å²) in [5.74, 6) is 0.239. The Morgan fingerprint density at radius 3 is 2.94 bits per heavy atom. The van der Waals surface area contributed by atoms with Gasteiger partial charge in [-0.3, -0.25) is 4.79 Å². The zero-order chi connectivity index (χ0) is 12.3. The summed E-state index contributed by atoms with van der Waals surface area (Å²) in [5.41, 5.74) is 1.16. The second kappa shape index (κ2) is 5.36. The Kier molecular flexibility index (Phi) is 3.84. The van der Waals surface area contributed by atoms with E-state index in [9.17, 15) is 4.79 Å². The molecule has 0 spiro atoms. The molecule has 0 unspecified atom stereocenters. The lowest BCUT2D eigenvalue weighted by atomic mass is 10.4. The average molecular weight is 235 g/mol. The lowest BCUT2D eigenvalue weighted by molar-refractivity contribution is -0.132. The summed E-state index contributed by atoms with van der Waals surface area (Å²) in [5, 5.41) is 3.12. The maximum Gasteiger partial charge on any atom is 0.242 e. The summed E-state index contributed by atoms with van der Waals surface area (Å²) in [4.78, 5) is 14.2. The molecule has 4 nitrogen and oxygen atoms in total. The molecule has 0 aliphatic heterocycles. The highest BCUT2D eigenvalue weighted by Crippen LogP contribution is 2.26. The highest BCUT2D eigenvalue weighted by molar-refractivity contribution is 5.76. The first-order valence-corrected chi connectivity index (χ1v) is 6.34. The maximum atomic E-state index is 12.2. The van der Waals surface area contributed by atoms with Gasteiger partial charge in [-0.1, -0.05) is 0 Å². The molecular formula is C13H21N3O. The zero-order valence-electron chi connectivity index (χ0n) is 10.6. The van der Waals surface area contributed by atoms with Crippen LogP contribution < -0.4 is 5.32 Å². The summed E-state index contributed by atoms with van der Waals surface area (Å²) in [6.07, 6.45) is 4.33. The van der Waals surface area contributed by atoms with E-state index in [2.05, 4.69) is 18.3 Å². The molecule has 0 radical (unpaired) electrons. The van der Waals surface area contributed by atoms with Crippen LogP contribution in [0, 0.1) is 0 Å². The molecule has 0 atom stereocenters. The fourth-order valence-corrected chi connectivity index (χ4v) is 2.21. The van der Waals surface area contributed by atoms with Crippen LogP contribution in [0.2, 0.25) is 0 Å². The van der Waals surface area contributed by atoms with E-state index < -0.39 is 0 Å². The molecule has 0 aromatic carbocycles. The number of aromatic nitrogens is 1. The third-order valence-corrected chi connectivity index (χ3v) is 3.24. The van der Waals surface area contributed by atoms with Crippen LogP contribution >= 0.6 is 0 Å². The van der Waals surface area contributed by atoms with Crippen LogP contribution in [0.25, 0.3) is 0 Å². The lowest BCUT2D eigenvalue weighted by Gasteiger charge is -2.21. The first-order chi connectivity index (χ1) is 8.26. The van der Waals surface area contributed by atoms with Crippen LogP contribution in [0.3, 0.4) is 0 Å². The molecule has 0 bridgehead atoms. The molecule has 1 aliphatic carbocycles. The van der Waals surface area contributed by atoms with Gasteiger partial charge in [0.2, 0.25) is 5.91 Å². The molecular weight excluding hydrogens is 214 g/mol. The second-order valence-corrected chi connectivity index (χ2v) is 4.57. The van der Waals surface area contributed by atoms with Crippen LogP contribution in [-0.2, 0) is 17.9 Å². The van der Waals surface area contributed by atoms with Crippen LogP contribution in [0.15, 0.2) is 18.3 Å². The average Bonchev–Trinajstić information content (AvgIpc) is 3.04. The van der Waals surface area contributed by atoms with Gasteiger partial charge in [0, 0.05) is 31.0 Å². The van der Waals surface area contributed by atoms with E-state index >= 15 is 0 Å². The molecule has 2 rings (SSSR count). The van der Waals surface area contributed by atoms with E-state index in [4.69, 9.17) is 0 Å². The lowest BCUT2D eigenvalue weighted by Crippen LogP contribution is -2.35. The maximum absolute atomic E-state index is 12.2. The van der Waals surface area contributed by atoms with E-state index in [1.807, 2.05) is 28.8 Å². The molecule has 1 aromatic heterocycles. The van der Waals surface area contributed by atoms with Crippen molar-refractivity contribution in [2.45, 2.75) is 38.9 Å². The van der Waals surface area contributed by atoms with Gasteiger partial charge in [-0.2, -0.15) is 0 Å². The molecule has 1 aromatic rings. The van der Waals surface area contributed by atoms with Gasteiger partial charge in [0.15, 0.2) is 0 Å². The minimum absolute atomic E-state index is 0.239. The minimum atomic E-state index is 0.239. The molecule has 1 N–H and O–H groups in total. The van der Waals surface area contributed by atoms with Crippen LogP contribution in [0.1, 0.15) is 25.5 Å². The van der Waals surface area contributed by atoms with Crippen molar-refractivity contribution in [3.63, 3.8) is 0 Å². The van der Waals surface area contributed by atoms with Crippen molar-refractivity contribution >= 4 is 5.91 Å². The Labute approximate surface area is 103 Å². The fraction of sp³-hybridized carbons (Fsp3) is 0.615. The molecule has 4 heteroatoms. The third-order valence-electron chi connectivity index (χ3n) is 3.24. The van der Waals surface area contributed by atoms with Gasteiger partial charge in [-0.15, -0.1) is 0 Å². The number of carbonyl (C=O) groups is 1. The van der Waals surface area contributed by atoms with E-state index in [0.717, 1.165) is 18.8 Å². The van der Waals surface area contributed by atoms with Crippen molar-refractivity contribution in [3.8, 4) is 0 Å². The van der Waals surface area contributed by atoms with Gasteiger partial charge in [-0.25, -0.2) is 0 Å². The summed E-state index contributed by atoms with van der Waals surface area (Å²) < 4.78 is 2.03. The van der Waals surface area contributed by atoms with E-state index in [-0.39, 0.29) is 5.91 Å². The Bertz CT molecular complexity index is 382. The zero-order valence-corrected chi connectivity index (χ0v) is 10.6. The van der Waals surface area contributed by atoms with Crippen LogP contribution in [-0.4, -0.2) is 35.0 Å². The van der Waals surface area contributed by atoms with Gasteiger partial charge >= 0.3 is 0 Å². The number of hydrogen-bond acceptors (Lipinski definition) is 2. The summed E-state index contributed by atoms with van der Waals surface area (Å²) in [6, 6.07) is 4.56. The van der Waals surface area contributed by atoms with Crippen molar-refractivity contribution in [1.29, 1.82) is 0 Å². The van der Waals surface area contributed by atoms with Crippen LogP contribution in [0.4, 0.5) is 0 Å². The molecule has 94 valence electrons. The Balaban J connectivity index is 1.98. The van der Waals surface area contributed by atoms with E-state index in [1.54, 1.807) is 0 Å². The van der Waals surface area contributed by atoms with Gasteiger partial charge in [0.1, 0.15) is 6.54 Å². The molecule has 1 aliphatic rings. The number of nitrogens with one attached hydrogen (secondary N) is 1. The quantitative estimate of drug-likeness (QED) is 0.805. The molecule has 0 saturated heterocycles. The summed E-state index contributed by atoms with van der Waals surface area (Å²) in [7, 11) is 1.92. The van der Waals surface area contributed by atoms with Gasteiger partial charge in [-0.05, 0) is 38.9 Å². The highest BCUT2D eigenvalue weighted by Gasteiger charge is 2.31. The Morgan fingerprint density at radius 2 is 2.35 bits per heavy atom. The number of carbonyl (C=O) groups excluding carboxylic acids is 1. The predicted molar refractivity (Wildman–Crippen MR) is 67.6 cm³/mol. The summed E-state index contributed by atoms with van der Waals surface area (Å²) >= 11 is 0. The van der Waals surface area contributed by atoms with E-state index in [0.29, 0.717) is 12.6 Å². The van der Waals surface area contributed by atoms with Crippen molar-refractivity contribution in [3.05, 3.63) is 24.0 Å². The summed E-state index contributed by atoms with van der Waals surface area (Å²) in [6.45, 7) is 4.15. The number of nitrogens with zero attached hydrogens (tertiary/aromatic N) is 2. The highest BCUT2D eigenvalue weighted by atomic mass is 16.2. The first kappa shape index (κ1) is 12.2. The Morgan fingerprint density at radius 1 is 1.59 bits per heavy atom. The van der Waals surface area contributed by atoms with E-state index in [1.165, 1.54) is 12.8 Å². The number of hydrogen-bond donors (Lipinski definition) is 1. The van der Waals surface area contributed by atoms with Gasteiger partial charge in [0.05, 0.1) is 0 Å². The normalized spacial score (nSPS) is 14.9. The van der Waals surface area contributed by atoms with Crippen molar-refractivity contribution < 1.29 is 4.79 Å². The third kappa shape index (κ3) is 2.88. The predicted octanol–water partition coefficient (Wildman–Crippen LogP) is 1.22. The standard InChI is InChI=1S/C13H21N3O/c1-3-16(11-6-7-11)13(17)10-15-8-4-5-12(15)9-14-2/h4-5,8,11,14H,3,6-7,9-10H2,1-2H3. The van der Waals surface area contributed by atoms with Crippen molar-refractivity contribution in [2.75, 3.05) is 13.6 Å². The number of likely N-dealkylation sites (N-methyl/N-ethyl adjacent to an activating group) is 1. The molecule has 1 amide bonds. The van der Waals surface area contributed by atoms with Crippen LogP contribution in [0.5, 0.6) is 0 Å². The minimum Gasteiger partial charge on any atom is -0.341 e.